The summed E-state index contributed by atoms with van der Waals surface area (Å²) < 4.78 is 0. The van der Waals surface area contributed by atoms with Crippen molar-refractivity contribution in [2.75, 3.05) is 5.32 Å². The Hall–Kier alpha value is -1.77. The maximum absolute atomic E-state index is 11.2. The fraction of sp³-hybridized carbons (Fsp3) is 0.182. The van der Waals surface area contributed by atoms with Crippen LogP contribution in [-0.4, -0.2) is 11.0 Å². The number of amides is 1. The molecule has 2 N–H and O–H groups in total. The van der Waals surface area contributed by atoms with Crippen LogP contribution in [0.15, 0.2) is 30.4 Å². The van der Waals surface area contributed by atoms with Crippen molar-refractivity contribution in [2.24, 2.45) is 0 Å². The first kappa shape index (κ1) is 10.3. The van der Waals surface area contributed by atoms with Crippen molar-refractivity contribution in [3.63, 3.8) is 0 Å². The standard InChI is InChI=1S/C11H13NO2/c1-3-4-11(14)12-10-7-9(13)6-5-8(10)2/h3-7,13H,1-2H3,(H,12,14). The van der Waals surface area contributed by atoms with Crippen molar-refractivity contribution in [2.45, 2.75) is 13.8 Å². The van der Waals surface area contributed by atoms with E-state index in [2.05, 4.69) is 5.32 Å². The molecule has 0 aliphatic carbocycles. The number of aromatic hydroxyl groups is 1. The molecule has 0 radical (unpaired) electrons. The van der Waals surface area contributed by atoms with E-state index < -0.39 is 0 Å². The fourth-order valence-corrected chi connectivity index (χ4v) is 1.07. The van der Waals surface area contributed by atoms with Crippen molar-refractivity contribution < 1.29 is 9.90 Å². The lowest BCUT2D eigenvalue weighted by Gasteiger charge is -2.06. The second-order valence-corrected chi connectivity index (χ2v) is 2.99. The molecule has 0 saturated carbocycles. The van der Waals surface area contributed by atoms with E-state index >= 15 is 0 Å². The first-order chi connectivity index (χ1) is 6.63. The highest BCUT2D eigenvalue weighted by atomic mass is 16.3. The monoisotopic (exact) mass is 191 g/mol. The highest BCUT2D eigenvalue weighted by molar-refractivity contribution is 5.99. The summed E-state index contributed by atoms with van der Waals surface area (Å²) in [7, 11) is 0. The predicted octanol–water partition coefficient (Wildman–Crippen LogP) is 2.22. The lowest BCUT2D eigenvalue weighted by molar-refractivity contribution is -0.111. The zero-order valence-electron chi connectivity index (χ0n) is 8.24. The number of phenolic OH excluding ortho intramolecular Hbond substituents is 1. The van der Waals surface area contributed by atoms with E-state index in [-0.39, 0.29) is 11.7 Å². The maximum atomic E-state index is 11.2. The Kier molecular flexibility index (Phi) is 3.29. The van der Waals surface area contributed by atoms with Crippen LogP contribution in [0, 0.1) is 6.92 Å². The molecule has 1 aromatic carbocycles. The zero-order valence-corrected chi connectivity index (χ0v) is 8.24. The number of nitrogens with one attached hydrogen (secondary N) is 1. The third kappa shape index (κ3) is 2.62. The van der Waals surface area contributed by atoms with E-state index in [1.165, 1.54) is 12.1 Å². The quantitative estimate of drug-likeness (QED) is 0.704. The number of aryl methyl sites for hydroxylation is 1. The van der Waals surface area contributed by atoms with Crippen molar-refractivity contribution in [3.05, 3.63) is 35.9 Å². The molecule has 3 nitrogen and oxygen atoms in total. The number of hydrogen-bond donors (Lipinski definition) is 2. The zero-order chi connectivity index (χ0) is 10.6. The van der Waals surface area contributed by atoms with E-state index in [1.54, 1.807) is 25.1 Å². The van der Waals surface area contributed by atoms with Crippen LogP contribution >= 0.6 is 0 Å². The Morgan fingerprint density at radius 3 is 2.86 bits per heavy atom. The topological polar surface area (TPSA) is 49.3 Å². The smallest absolute Gasteiger partial charge is 0.248 e. The van der Waals surface area contributed by atoms with Crippen molar-refractivity contribution in [1.29, 1.82) is 0 Å². The van der Waals surface area contributed by atoms with E-state index in [4.69, 9.17) is 0 Å². The van der Waals surface area contributed by atoms with Crippen LogP contribution in [0.3, 0.4) is 0 Å². The molecular formula is C11H13NO2. The molecule has 1 amide bonds. The van der Waals surface area contributed by atoms with Gasteiger partial charge in [0.25, 0.3) is 0 Å². The highest BCUT2D eigenvalue weighted by Crippen LogP contribution is 2.20. The predicted molar refractivity (Wildman–Crippen MR) is 56.3 cm³/mol. The Morgan fingerprint density at radius 2 is 2.21 bits per heavy atom. The number of allylic oxidation sites excluding steroid dienone is 1. The average Bonchev–Trinajstić information content (AvgIpc) is 2.12. The van der Waals surface area contributed by atoms with Gasteiger partial charge in [-0.15, -0.1) is 0 Å². The molecule has 0 bridgehead atoms. The van der Waals surface area contributed by atoms with Gasteiger partial charge in [0.05, 0.1) is 0 Å². The molecule has 0 aliphatic rings. The summed E-state index contributed by atoms with van der Waals surface area (Å²) in [5.74, 6) is -0.0485. The molecule has 14 heavy (non-hydrogen) atoms. The summed E-state index contributed by atoms with van der Waals surface area (Å²) in [6.07, 6.45) is 3.09. The third-order valence-corrected chi connectivity index (χ3v) is 1.80. The Morgan fingerprint density at radius 1 is 1.50 bits per heavy atom. The van der Waals surface area contributed by atoms with Crippen LogP contribution in [0.5, 0.6) is 5.75 Å². The Balaban J connectivity index is 2.85. The first-order valence-electron chi connectivity index (χ1n) is 4.37. The van der Waals surface area contributed by atoms with Crippen molar-refractivity contribution in [1.82, 2.24) is 0 Å². The minimum absolute atomic E-state index is 0.145. The number of carbonyl (C=O) groups excluding carboxylic acids is 1. The van der Waals surface area contributed by atoms with Crippen LogP contribution < -0.4 is 5.32 Å². The molecule has 0 unspecified atom stereocenters. The van der Waals surface area contributed by atoms with Gasteiger partial charge in [0.15, 0.2) is 0 Å². The van der Waals surface area contributed by atoms with Crippen molar-refractivity contribution in [3.8, 4) is 5.75 Å². The van der Waals surface area contributed by atoms with Crippen LogP contribution in [0.2, 0.25) is 0 Å². The maximum Gasteiger partial charge on any atom is 0.248 e. The van der Waals surface area contributed by atoms with Gasteiger partial charge in [0, 0.05) is 11.8 Å². The van der Waals surface area contributed by atoms with Gasteiger partial charge in [-0.05, 0) is 31.6 Å². The van der Waals surface area contributed by atoms with E-state index in [9.17, 15) is 9.90 Å². The molecule has 0 heterocycles. The number of anilines is 1. The highest BCUT2D eigenvalue weighted by Gasteiger charge is 2.01. The number of carbonyl (C=O) groups is 1. The van der Waals surface area contributed by atoms with Gasteiger partial charge in [-0.1, -0.05) is 12.1 Å². The average molecular weight is 191 g/mol. The molecular weight excluding hydrogens is 178 g/mol. The molecule has 0 aliphatic heterocycles. The fourth-order valence-electron chi connectivity index (χ4n) is 1.07. The van der Waals surface area contributed by atoms with Crippen LogP contribution in [0.25, 0.3) is 0 Å². The summed E-state index contributed by atoms with van der Waals surface area (Å²) in [4.78, 5) is 11.2. The lowest BCUT2D eigenvalue weighted by atomic mass is 10.2. The SMILES string of the molecule is CC=CC(=O)Nc1cc(O)ccc1C. The van der Waals surface area contributed by atoms with Crippen LogP contribution in [0.4, 0.5) is 5.69 Å². The third-order valence-electron chi connectivity index (χ3n) is 1.80. The first-order valence-corrected chi connectivity index (χ1v) is 4.37. The van der Waals surface area contributed by atoms with E-state index in [1.807, 2.05) is 6.92 Å². The molecule has 1 rings (SSSR count). The normalized spacial score (nSPS) is 10.4. The van der Waals surface area contributed by atoms with Gasteiger partial charge in [-0.3, -0.25) is 4.79 Å². The second kappa shape index (κ2) is 4.46. The van der Waals surface area contributed by atoms with Gasteiger partial charge >= 0.3 is 0 Å². The Labute approximate surface area is 83.1 Å². The Bertz CT molecular complexity index is 370. The number of hydrogen-bond acceptors (Lipinski definition) is 2. The molecule has 0 saturated heterocycles. The molecule has 74 valence electrons. The molecule has 0 aromatic heterocycles. The van der Waals surface area contributed by atoms with Gasteiger partial charge in [-0.2, -0.15) is 0 Å². The van der Waals surface area contributed by atoms with Gasteiger partial charge < -0.3 is 10.4 Å². The molecule has 0 atom stereocenters. The minimum Gasteiger partial charge on any atom is -0.508 e. The van der Waals surface area contributed by atoms with Crippen LogP contribution in [-0.2, 0) is 4.79 Å². The molecule has 0 fully saturated rings. The van der Waals surface area contributed by atoms with Crippen LogP contribution in [0.1, 0.15) is 12.5 Å². The molecule has 0 spiro atoms. The van der Waals surface area contributed by atoms with Gasteiger partial charge in [-0.25, -0.2) is 0 Å². The summed E-state index contributed by atoms with van der Waals surface area (Å²) >= 11 is 0. The summed E-state index contributed by atoms with van der Waals surface area (Å²) in [5, 5.41) is 11.9. The largest absolute Gasteiger partial charge is 0.508 e. The summed E-state index contributed by atoms with van der Waals surface area (Å²) in [6.45, 7) is 3.64. The lowest BCUT2D eigenvalue weighted by Crippen LogP contribution is -2.08. The van der Waals surface area contributed by atoms with Gasteiger partial charge in [0.1, 0.15) is 5.75 Å². The second-order valence-electron chi connectivity index (χ2n) is 2.99. The summed E-state index contributed by atoms with van der Waals surface area (Å²) in [6, 6.07) is 4.86. The number of phenols is 1. The molecule has 3 heteroatoms. The van der Waals surface area contributed by atoms with Crippen molar-refractivity contribution >= 4 is 11.6 Å². The summed E-state index contributed by atoms with van der Waals surface area (Å²) in [5.41, 5.74) is 1.55. The number of benzene rings is 1. The minimum atomic E-state index is -0.193. The number of rotatable bonds is 2. The van der Waals surface area contributed by atoms with Gasteiger partial charge in [0.2, 0.25) is 5.91 Å². The van der Waals surface area contributed by atoms with E-state index in [0.29, 0.717) is 5.69 Å². The van der Waals surface area contributed by atoms with E-state index in [0.717, 1.165) is 5.56 Å². The molecule has 1 aromatic rings.